The van der Waals surface area contributed by atoms with Gasteiger partial charge in [-0.3, -0.25) is 4.79 Å². The van der Waals surface area contributed by atoms with Crippen molar-refractivity contribution in [1.82, 2.24) is 10.3 Å². The highest BCUT2D eigenvalue weighted by molar-refractivity contribution is 7.13. The first-order chi connectivity index (χ1) is 14.6. The molecule has 7 heteroatoms. The van der Waals surface area contributed by atoms with Crippen LogP contribution in [0.1, 0.15) is 30.5 Å². The SMILES string of the molecule is O=C(COCc1ccc(F)cc1)NCCCCCc1csc(-c2ccc(O)cc2)n1. The van der Waals surface area contributed by atoms with Crippen molar-refractivity contribution < 1.29 is 19.0 Å². The Balaban J connectivity index is 1.24. The summed E-state index contributed by atoms with van der Waals surface area (Å²) in [6.07, 6.45) is 3.82. The molecule has 1 aromatic heterocycles. The first kappa shape index (κ1) is 21.9. The molecule has 0 saturated heterocycles. The predicted molar refractivity (Wildman–Crippen MR) is 116 cm³/mol. The number of thiazole rings is 1. The Labute approximate surface area is 179 Å². The van der Waals surface area contributed by atoms with Crippen molar-refractivity contribution in [2.75, 3.05) is 13.2 Å². The molecule has 0 saturated carbocycles. The number of halogens is 1. The van der Waals surface area contributed by atoms with Crippen LogP contribution in [0, 0.1) is 5.82 Å². The first-order valence-corrected chi connectivity index (χ1v) is 10.8. The average molecular weight is 429 g/mol. The zero-order valence-electron chi connectivity index (χ0n) is 16.6. The number of hydrogen-bond acceptors (Lipinski definition) is 5. The van der Waals surface area contributed by atoms with Crippen LogP contribution in [0.5, 0.6) is 5.75 Å². The zero-order chi connectivity index (χ0) is 21.2. The van der Waals surface area contributed by atoms with Gasteiger partial charge >= 0.3 is 0 Å². The number of nitrogens with zero attached hydrogens (tertiary/aromatic N) is 1. The maximum absolute atomic E-state index is 12.8. The van der Waals surface area contributed by atoms with Gasteiger partial charge in [0.1, 0.15) is 23.2 Å². The minimum absolute atomic E-state index is 0.00373. The highest BCUT2D eigenvalue weighted by Gasteiger charge is 2.05. The number of rotatable bonds is 11. The Morgan fingerprint density at radius 1 is 1.07 bits per heavy atom. The van der Waals surface area contributed by atoms with Crippen LogP contribution < -0.4 is 5.32 Å². The molecule has 0 atom stereocenters. The summed E-state index contributed by atoms with van der Waals surface area (Å²) in [6.45, 7) is 0.901. The van der Waals surface area contributed by atoms with Crippen LogP contribution in [-0.4, -0.2) is 29.1 Å². The lowest BCUT2D eigenvalue weighted by atomic mass is 10.1. The molecule has 3 rings (SSSR count). The molecule has 1 amide bonds. The fourth-order valence-electron chi connectivity index (χ4n) is 2.89. The number of amides is 1. The van der Waals surface area contributed by atoms with E-state index in [1.165, 1.54) is 12.1 Å². The summed E-state index contributed by atoms with van der Waals surface area (Å²) in [5.74, 6) is -0.179. The normalized spacial score (nSPS) is 10.8. The van der Waals surface area contributed by atoms with Gasteiger partial charge in [-0.25, -0.2) is 9.37 Å². The van der Waals surface area contributed by atoms with Crippen molar-refractivity contribution in [3.05, 3.63) is 71.0 Å². The van der Waals surface area contributed by atoms with Crippen LogP contribution in [0.25, 0.3) is 10.6 Å². The largest absolute Gasteiger partial charge is 0.508 e. The lowest BCUT2D eigenvalue weighted by Gasteiger charge is -2.06. The van der Waals surface area contributed by atoms with E-state index in [4.69, 9.17) is 4.74 Å². The number of aromatic hydroxyl groups is 1. The number of carbonyl (C=O) groups excluding carboxylic acids is 1. The van der Waals surface area contributed by atoms with E-state index in [9.17, 15) is 14.3 Å². The summed E-state index contributed by atoms with van der Waals surface area (Å²) in [7, 11) is 0. The van der Waals surface area contributed by atoms with E-state index in [2.05, 4.69) is 15.7 Å². The number of benzene rings is 2. The number of carbonyl (C=O) groups is 1. The van der Waals surface area contributed by atoms with Crippen LogP contribution in [-0.2, 0) is 22.6 Å². The molecule has 30 heavy (non-hydrogen) atoms. The average Bonchev–Trinajstić information content (AvgIpc) is 3.21. The quantitative estimate of drug-likeness (QED) is 0.434. The molecule has 0 spiro atoms. The van der Waals surface area contributed by atoms with Gasteiger partial charge in [0.25, 0.3) is 0 Å². The molecular formula is C23H25FN2O3S. The Kier molecular flexibility index (Phi) is 8.35. The lowest BCUT2D eigenvalue weighted by Crippen LogP contribution is -2.28. The highest BCUT2D eigenvalue weighted by Crippen LogP contribution is 2.25. The van der Waals surface area contributed by atoms with Gasteiger partial charge in [0.05, 0.1) is 12.3 Å². The monoisotopic (exact) mass is 428 g/mol. The lowest BCUT2D eigenvalue weighted by molar-refractivity contribution is -0.126. The molecule has 0 unspecified atom stereocenters. The van der Waals surface area contributed by atoms with Gasteiger partial charge in [-0.05, 0) is 61.2 Å². The van der Waals surface area contributed by atoms with Gasteiger partial charge in [-0.1, -0.05) is 18.6 Å². The van der Waals surface area contributed by atoms with Gasteiger partial charge < -0.3 is 15.2 Å². The summed E-state index contributed by atoms with van der Waals surface area (Å²) < 4.78 is 18.2. The van der Waals surface area contributed by atoms with E-state index >= 15 is 0 Å². The molecule has 0 aliphatic rings. The third kappa shape index (κ3) is 7.24. The summed E-state index contributed by atoms with van der Waals surface area (Å²) in [5, 5.41) is 15.2. The second-order valence-corrected chi connectivity index (χ2v) is 7.83. The number of hydrogen-bond donors (Lipinski definition) is 2. The molecule has 2 aromatic carbocycles. The molecular weight excluding hydrogens is 403 g/mol. The smallest absolute Gasteiger partial charge is 0.246 e. The van der Waals surface area contributed by atoms with Gasteiger partial charge in [0.15, 0.2) is 0 Å². The summed E-state index contributed by atoms with van der Waals surface area (Å²) in [6, 6.07) is 13.1. The van der Waals surface area contributed by atoms with E-state index in [1.807, 2.05) is 12.1 Å². The molecule has 3 aromatic rings. The second kappa shape index (κ2) is 11.4. The van der Waals surface area contributed by atoms with Crippen molar-refractivity contribution >= 4 is 17.2 Å². The molecule has 158 valence electrons. The van der Waals surface area contributed by atoms with Crippen LogP contribution >= 0.6 is 11.3 Å². The maximum Gasteiger partial charge on any atom is 0.246 e. The Morgan fingerprint density at radius 3 is 2.60 bits per heavy atom. The van der Waals surface area contributed by atoms with E-state index in [0.29, 0.717) is 6.54 Å². The number of unbranched alkanes of at least 4 members (excludes halogenated alkanes) is 2. The highest BCUT2D eigenvalue weighted by atomic mass is 32.1. The van der Waals surface area contributed by atoms with E-state index < -0.39 is 0 Å². The van der Waals surface area contributed by atoms with E-state index in [0.717, 1.165) is 47.5 Å². The third-order valence-corrected chi connectivity index (χ3v) is 5.45. The molecule has 0 bridgehead atoms. The topological polar surface area (TPSA) is 71.5 Å². The predicted octanol–water partition coefficient (Wildman–Crippen LogP) is 4.70. The molecule has 5 nitrogen and oxygen atoms in total. The van der Waals surface area contributed by atoms with Gasteiger partial charge in [0.2, 0.25) is 5.91 Å². The number of aromatic nitrogens is 1. The summed E-state index contributed by atoms with van der Waals surface area (Å²) >= 11 is 1.61. The fraction of sp³-hybridized carbons (Fsp3) is 0.304. The zero-order valence-corrected chi connectivity index (χ0v) is 17.5. The molecule has 2 N–H and O–H groups in total. The number of nitrogens with one attached hydrogen (secondary N) is 1. The van der Waals surface area contributed by atoms with Gasteiger partial charge in [-0.15, -0.1) is 11.3 Å². The number of ether oxygens (including phenoxy) is 1. The van der Waals surface area contributed by atoms with Crippen molar-refractivity contribution in [3.63, 3.8) is 0 Å². The first-order valence-electron chi connectivity index (χ1n) is 9.93. The van der Waals surface area contributed by atoms with Crippen molar-refractivity contribution in [1.29, 1.82) is 0 Å². The summed E-state index contributed by atoms with van der Waals surface area (Å²) in [5.41, 5.74) is 2.91. The fourth-order valence-corrected chi connectivity index (χ4v) is 3.75. The second-order valence-electron chi connectivity index (χ2n) is 6.97. The number of phenols is 1. The Hall–Kier alpha value is -2.77. The minimum atomic E-state index is -0.288. The summed E-state index contributed by atoms with van der Waals surface area (Å²) in [4.78, 5) is 16.4. The standard InChI is InChI=1S/C23H25FN2O3S/c24-19-9-5-17(6-10-19)14-29-15-22(28)25-13-3-1-2-4-20-16-30-23(26-20)18-7-11-21(27)12-8-18/h5-12,16,27H,1-4,13-15H2,(H,25,28). The van der Waals surface area contributed by atoms with Crippen LogP contribution in [0.3, 0.4) is 0 Å². The Morgan fingerprint density at radius 2 is 1.83 bits per heavy atom. The molecule has 0 fully saturated rings. The Bertz CT molecular complexity index is 926. The van der Waals surface area contributed by atoms with Crippen LogP contribution in [0.4, 0.5) is 4.39 Å². The van der Waals surface area contributed by atoms with Crippen LogP contribution in [0.2, 0.25) is 0 Å². The van der Waals surface area contributed by atoms with Crippen molar-refractivity contribution in [2.45, 2.75) is 32.3 Å². The van der Waals surface area contributed by atoms with Gasteiger partial charge in [0, 0.05) is 17.5 Å². The van der Waals surface area contributed by atoms with Crippen LogP contribution in [0.15, 0.2) is 53.9 Å². The molecule has 0 aliphatic carbocycles. The molecule has 1 heterocycles. The number of aryl methyl sites for hydroxylation is 1. The molecule has 0 aliphatic heterocycles. The molecule has 0 radical (unpaired) electrons. The van der Waals surface area contributed by atoms with Crippen molar-refractivity contribution in [3.8, 4) is 16.3 Å². The third-order valence-electron chi connectivity index (χ3n) is 4.51. The van der Waals surface area contributed by atoms with E-state index in [-0.39, 0.29) is 30.7 Å². The van der Waals surface area contributed by atoms with E-state index in [1.54, 1.807) is 35.6 Å². The van der Waals surface area contributed by atoms with Crippen molar-refractivity contribution in [2.24, 2.45) is 0 Å². The maximum atomic E-state index is 12.8. The van der Waals surface area contributed by atoms with Gasteiger partial charge in [-0.2, -0.15) is 0 Å². The number of phenolic OH excluding ortho intramolecular Hbond substituents is 1. The minimum Gasteiger partial charge on any atom is -0.508 e.